The van der Waals surface area contributed by atoms with E-state index in [4.69, 9.17) is 9.84 Å². The van der Waals surface area contributed by atoms with E-state index in [1.165, 1.54) is 0 Å². The molecule has 0 saturated heterocycles. The number of amides is 1. The molecule has 0 bridgehead atoms. The molecule has 0 aliphatic carbocycles. The van der Waals surface area contributed by atoms with Crippen LogP contribution in [0.15, 0.2) is 30.3 Å². The largest absolute Gasteiger partial charge is 0.480 e. The first-order valence-electron chi connectivity index (χ1n) is 5.82. The lowest BCUT2D eigenvalue weighted by molar-refractivity contribution is -0.144. The molecule has 0 aromatic heterocycles. The monoisotopic (exact) mass is 251 g/mol. The Morgan fingerprint density at radius 1 is 1.22 bits per heavy atom. The average Bonchev–Trinajstić information content (AvgIpc) is 2.37. The van der Waals surface area contributed by atoms with Crippen LogP contribution in [-0.4, -0.2) is 22.7 Å². The fourth-order valence-corrected chi connectivity index (χ4v) is 1.60. The molecule has 0 radical (unpaired) electrons. The molecule has 5 heteroatoms. The minimum Gasteiger partial charge on any atom is -0.480 e. The quantitative estimate of drug-likeness (QED) is 0.842. The summed E-state index contributed by atoms with van der Waals surface area (Å²) in [6.45, 7) is 3.42. The molecule has 0 fully saturated rings. The van der Waals surface area contributed by atoms with Crippen LogP contribution in [0, 0.1) is 0 Å². The Balaban J connectivity index is 2.71. The molecule has 18 heavy (non-hydrogen) atoms. The zero-order valence-electron chi connectivity index (χ0n) is 10.5. The van der Waals surface area contributed by atoms with Crippen molar-refractivity contribution in [3.63, 3.8) is 0 Å². The van der Waals surface area contributed by atoms with Crippen LogP contribution < -0.4 is 10.1 Å². The van der Waals surface area contributed by atoms with Gasteiger partial charge in [0, 0.05) is 0 Å². The van der Waals surface area contributed by atoms with Crippen LogP contribution in [0.4, 0.5) is 4.79 Å². The van der Waals surface area contributed by atoms with Gasteiger partial charge < -0.3 is 15.2 Å². The van der Waals surface area contributed by atoms with Crippen molar-refractivity contribution in [2.24, 2.45) is 0 Å². The van der Waals surface area contributed by atoms with Crippen LogP contribution in [0.3, 0.4) is 0 Å². The molecule has 0 heterocycles. The first kappa shape index (κ1) is 14.0. The van der Waals surface area contributed by atoms with Gasteiger partial charge in [-0.15, -0.1) is 0 Å². The van der Waals surface area contributed by atoms with Gasteiger partial charge in [0.25, 0.3) is 0 Å². The molecule has 0 saturated carbocycles. The summed E-state index contributed by atoms with van der Waals surface area (Å²) in [5.74, 6) is -0.681. The average molecular weight is 251 g/mol. The van der Waals surface area contributed by atoms with Crippen molar-refractivity contribution >= 4 is 12.1 Å². The third-order valence-corrected chi connectivity index (χ3v) is 2.91. The number of carbonyl (C=O) groups excluding carboxylic acids is 1. The van der Waals surface area contributed by atoms with Gasteiger partial charge in [-0.2, -0.15) is 0 Å². The highest BCUT2D eigenvalue weighted by Crippen LogP contribution is 2.16. The number of ether oxygens (including phenoxy) is 1. The second-order valence-corrected chi connectivity index (χ2v) is 3.92. The van der Waals surface area contributed by atoms with Crippen LogP contribution in [0.1, 0.15) is 26.7 Å². The van der Waals surface area contributed by atoms with E-state index in [1.54, 1.807) is 44.2 Å². The third-order valence-electron chi connectivity index (χ3n) is 2.91. The molecular formula is C13H17NO4. The van der Waals surface area contributed by atoms with Gasteiger partial charge in [0.2, 0.25) is 0 Å². The van der Waals surface area contributed by atoms with Crippen molar-refractivity contribution in [1.82, 2.24) is 5.32 Å². The molecule has 0 aliphatic rings. The highest BCUT2D eigenvalue weighted by atomic mass is 16.6. The lowest BCUT2D eigenvalue weighted by Gasteiger charge is -2.27. The second kappa shape index (κ2) is 6.05. The molecule has 98 valence electrons. The Morgan fingerprint density at radius 2 is 1.78 bits per heavy atom. The van der Waals surface area contributed by atoms with Crippen LogP contribution in [0.5, 0.6) is 5.75 Å². The highest BCUT2D eigenvalue weighted by molar-refractivity contribution is 5.84. The molecule has 1 aromatic carbocycles. The number of hydrogen-bond acceptors (Lipinski definition) is 3. The fourth-order valence-electron chi connectivity index (χ4n) is 1.60. The molecule has 1 rings (SSSR count). The van der Waals surface area contributed by atoms with Crippen LogP contribution >= 0.6 is 0 Å². The van der Waals surface area contributed by atoms with E-state index in [1.807, 2.05) is 0 Å². The van der Waals surface area contributed by atoms with Crippen LogP contribution in [0.2, 0.25) is 0 Å². The summed E-state index contributed by atoms with van der Waals surface area (Å²) >= 11 is 0. The van der Waals surface area contributed by atoms with E-state index in [9.17, 15) is 9.59 Å². The Labute approximate surface area is 106 Å². The summed E-state index contributed by atoms with van der Waals surface area (Å²) < 4.78 is 5.01. The maximum absolute atomic E-state index is 11.7. The highest BCUT2D eigenvalue weighted by Gasteiger charge is 2.37. The number of aliphatic carboxylic acids is 1. The van der Waals surface area contributed by atoms with Gasteiger partial charge in [-0.25, -0.2) is 9.59 Å². The smallest absolute Gasteiger partial charge is 0.413 e. The zero-order chi connectivity index (χ0) is 13.6. The molecule has 1 amide bonds. The Bertz CT molecular complexity index is 412. The molecule has 1 aromatic rings. The molecule has 0 unspecified atom stereocenters. The van der Waals surface area contributed by atoms with E-state index in [0.29, 0.717) is 18.6 Å². The molecule has 2 N–H and O–H groups in total. The summed E-state index contributed by atoms with van der Waals surface area (Å²) in [4.78, 5) is 22.9. The van der Waals surface area contributed by atoms with Gasteiger partial charge in [-0.1, -0.05) is 32.0 Å². The molecular weight excluding hydrogens is 234 g/mol. The normalized spacial score (nSPS) is 10.8. The van der Waals surface area contributed by atoms with Gasteiger partial charge in [0.05, 0.1) is 0 Å². The topological polar surface area (TPSA) is 75.6 Å². The summed E-state index contributed by atoms with van der Waals surface area (Å²) in [6.07, 6.45) is -0.168. The van der Waals surface area contributed by atoms with Crippen molar-refractivity contribution in [2.75, 3.05) is 0 Å². The van der Waals surface area contributed by atoms with E-state index in [-0.39, 0.29) is 0 Å². The second-order valence-electron chi connectivity index (χ2n) is 3.92. The minimum atomic E-state index is -1.27. The Morgan fingerprint density at radius 3 is 2.22 bits per heavy atom. The van der Waals surface area contributed by atoms with E-state index in [0.717, 1.165) is 0 Å². The number of carboxylic acids is 1. The number of benzene rings is 1. The fraction of sp³-hybridized carbons (Fsp3) is 0.385. The number of rotatable bonds is 5. The predicted octanol–water partition coefficient (Wildman–Crippen LogP) is 2.42. The van der Waals surface area contributed by atoms with E-state index < -0.39 is 17.6 Å². The molecule has 0 spiro atoms. The maximum Gasteiger partial charge on any atom is 0.413 e. The summed E-state index contributed by atoms with van der Waals surface area (Å²) in [7, 11) is 0. The number of carbonyl (C=O) groups is 2. The Kier molecular flexibility index (Phi) is 4.71. The van der Waals surface area contributed by atoms with Gasteiger partial charge in [0.15, 0.2) is 0 Å². The zero-order valence-corrected chi connectivity index (χ0v) is 10.5. The summed E-state index contributed by atoms with van der Waals surface area (Å²) in [5, 5.41) is 11.6. The standard InChI is InChI=1S/C13H17NO4/c1-3-13(4-2,11(15)16)14-12(17)18-10-8-6-5-7-9-10/h5-9H,3-4H2,1-2H3,(H,14,17)(H,15,16). The van der Waals surface area contributed by atoms with Gasteiger partial charge in [0.1, 0.15) is 11.3 Å². The molecule has 0 aliphatic heterocycles. The third kappa shape index (κ3) is 3.23. The first-order valence-corrected chi connectivity index (χ1v) is 5.82. The van der Waals surface area contributed by atoms with Gasteiger partial charge in [-0.3, -0.25) is 0 Å². The Hall–Kier alpha value is -2.04. The van der Waals surface area contributed by atoms with Crippen molar-refractivity contribution in [3.05, 3.63) is 30.3 Å². The molecule has 5 nitrogen and oxygen atoms in total. The van der Waals surface area contributed by atoms with Crippen molar-refractivity contribution in [3.8, 4) is 5.75 Å². The predicted molar refractivity (Wildman–Crippen MR) is 66.6 cm³/mol. The molecule has 0 atom stereocenters. The lowest BCUT2D eigenvalue weighted by Crippen LogP contribution is -2.54. The van der Waals surface area contributed by atoms with Crippen molar-refractivity contribution in [1.29, 1.82) is 0 Å². The summed E-state index contributed by atoms with van der Waals surface area (Å²) in [5.41, 5.74) is -1.27. The van der Waals surface area contributed by atoms with Crippen molar-refractivity contribution in [2.45, 2.75) is 32.2 Å². The SMILES string of the molecule is CCC(CC)(NC(=O)Oc1ccccc1)C(=O)O. The number of para-hydroxylation sites is 1. The van der Waals surface area contributed by atoms with Gasteiger partial charge >= 0.3 is 12.1 Å². The first-order chi connectivity index (χ1) is 8.54. The minimum absolute atomic E-state index is 0.294. The summed E-state index contributed by atoms with van der Waals surface area (Å²) in [6, 6.07) is 8.50. The van der Waals surface area contributed by atoms with E-state index in [2.05, 4.69) is 5.32 Å². The number of hydrogen-bond donors (Lipinski definition) is 2. The number of carboxylic acid groups (broad SMARTS) is 1. The van der Waals surface area contributed by atoms with Gasteiger partial charge in [-0.05, 0) is 25.0 Å². The van der Waals surface area contributed by atoms with Crippen LogP contribution in [-0.2, 0) is 4.79 Å². The number of nitrogens with one attached hydrogen (secondary N) is 1. The lowest BCUT2D eigenvalue weighted by atomic mass is 9.93. The maximum atomic E-state index is 11.7. The van der Waals surface area contributed by atoms with Crippen molar-refractivity contribution < 1.29 is 19.4 Å². The van der Waals surface area contributed by atoms with E-state index >= 15 is 0 Å². The van der Waals surface area contributed by atoms with Crippen LogP contribution in [0.25, 0.3) is 0 Å².